The zero-order valence-electron chi connectivity index (χ0n) is 10.4. The van der Waals surface area contributed by atoms with Crippen LogP contribution >= 0.6 is 15.9 Å². The third kappa shape index (κ3) is 3.42. The summed E-state index contributed by atoms with van der Waals surface area (Å²) >= 11 is 3.21. The number of hydrogen-bond donors (Lipinski definition) is 3. The first-order valence-corrected chi connectivity index (χ1v) is 8.03. The number of likely N-dealkylation sites (tertiary alicyclic amines) is 1. The Hall–Kier alpha value is -0.740. The summed E-state index contributed by atoms with van der Waals surface area (Å²) in [6.07, 6.45) is 2.28. The summed E-state index contributed by atoms with van der Waals surface area (Å²) in [5.74, 6) is 5.43. The maximum atomic E-state index is 12.3. The van der Waals surface area contributed by atoms with Gasteiger partial charge in [0.2, 0.25) is 10.0 Å². The van der Waals surface area contributed by atoms with Gasteiger partial charge in [0.05, 0.1) is 0 Å². The van der Waals surface area contributed by atoms with E-state index in [1.165, 1.54) is 12.3 Å². The van der Waals surface area contributed by atoms with Gasteiger partial charge in [-0.05, 0) is 42.0 Å². The van der Waals surface area contributed by atoms with Gasteiger partial charge >= 0.3 is 0 Å². The molecule has 0 saturated carbocycles. The van der Waals surface area contributed by atoms with E-state index in [1.807, 2.05) is 7.05 Å². The van der Waals surface area contributed by atoms with Crippen molar-refractivity contribution in [2.45, 2.75) is 17.4 Å². The number of nitrogens with zero attached hydrogens (tertiary/aromatic N) is 2. The predicted molar refractivity (Wildman–Crippen MR) is 76.0 cm³/mol. The van der Waals surface area contributed by atoms with E-state index in [-0.39, 0.29) is 16.8 Å². The van der Waals surface area contributed by atoms with E-state index in [1.54, 1.807) is 0 Å². The van der Waals surface area contributed by atoms with Gasteiger partial charge in [-0.2, -0.15) is 0 Å². The number of aromatic nitrogens is 1. The summed E-state index contributed by atoms with van der Waals surface area (Å²) in [5, 5.41) is 0. The number of sulfonamides is 1. The van der Waals surface area contributed by atoms with Crippen LogP contribution in [-0.4, -0.2) is 44.5 Å². The van der Waals surface area contributed by atoms with Crippen molar-refractivity contribution in [2.75, 3.05) is 25.6 Å². The van der Waals surface area contributed by atoms with Crippen molar-refractivity contribution in [1.82, 2.24) is 14.6 Å². The number of likely N-dealkylation sites (N-methyl/N-ethyl adjacent to an activating group) is 1. The van der Waals surface area contributed by atoms with Crippen LogP contribution in [-0.2, 0) is 10.0 Å². The number of nitrogens with two attached hydrogens (primary N) is 1. The monoisotopic (exact) mass is 349 g/mol. The number of rotatable bonds is 4. The van der Waals surface area contributed by atoms with Crippen LogP contribution in [0.15, 0.2) is 21.6 Å². The highest BCUT2D eigenvalue weighted by atomic mass is 79.9. The molecule has 1 atom stereocenters. The molecule has 2 heterocycles. The zero-order valence-corrected chi connectivity index (χ0v) is 12.8. The van der Waals surface area contributed by atoms with Crippen LogP contribution in [0, 0.1) is 0 Å². The van der Waals surface area contributed by atoms with Crippen LogP contribution in [0.2, 0.25) is 0 Å². The molecule has 19 heavy (non-hydrogen) atoms. The average molecular weight is 350 g/mol. The van der Waals surface area contributed by atoms with Gasteiger partial charge in [0, 0.05) is 23.3 Å². The Bertz CT molecular complexity index is 565. The first-order valence-electron chi connectivity index (χ1n) is 5.75. The Labute approximate surface area is 120 Å². The largest absolute Gasteiger partial charge is 0.307 e. The minimum atomic E-state index is -3.64. The zero-order chi connectivity index (χ0) is 14.0. The second kappa shape index (κ2) is 5.71. The van der Waals surface area contributed by atoms with Crippen molar-refractivity contribution in [2.24, 2.45) is 5.84 Å². The molecule has 106 valence electrons. The molecule has 4 N–H and O–H groups in total. The molecular formula is C10H16BrN5O2S. The number of nitrogens with one attached hydrogen (secondary N) is 2. The molecule has 1 saturated heterocycles. The minimum absolute atomic E-state index is 0.0407. The standard InChI is InChI=1S/C10H16BrN5O2S/c1-16-3-2-8(6-16)15-19(17,18)9-4-7(11)5-13-10(9)14-12/h4-5,8,15H,2-3,6,12H2,1H3,(H,13,14). The Balaban J connectivity index is 2.26. The number of hydrogen-bond acceptors (Lipinski definition) is 6. The van der Waals surface area contributed by atoms with E-state index in [9.17, 15) is 8.42 Å². The Morgan fingerprint density at radius 3 is 2.89 bits per heavy atom. The van der Waals surface area contributed by atoms with Gasteiger partial charge in [-0.3, -0.25) is 0 Å². The molecule has 0 spiro atoms. The van der Waals surface area contributed by atoms with Crippen LogP contribution in [0.25, 0.3) is 0 Å². The van der Waals surface area contributed by atoms with Crippen molar-refractivity contribution < 1.29 is 8.42 Å². The number of nitrogen functional groups attached to an aromatic ring is 1. The molecule has 7 nitrogen and oxygen atoms in total. The van der Waals surface area contributed by atoms with Crippen LogP contribution < -0.4 is 16.0 Å². The van der Waals surface area contributed by atoms with Gasteiger partial charge in [-0.15, -0.1) is 0 Å². The molecule has 1 unspecified atom stereocenters. The third-order valence-corrected chi connectivity index (χ3v) is 4.93. The lowest BCUT2D eigenvalue weighted by Gasteiger charge is -2.15. The van der Waals surface area contributed by atoms with E-state index in [4.69, 9.17) is 5.84 Å². The van der Waals surface area contributed by atoms with Crippen LogP contribution in [0.3, 0.4) is 0 Å². The molecule has 0 aliphatic carbocycles. The number of halogens is 1. The maximum absolute atomic E-state index is 12.3. The second-order valence-electron chi connectivity index (χ2n) is 4.51. The van der Waals surface area contributed by atoms with E-state index in [0.717, 1.165) is 13.0 Å². The van der Waals surface area contributed by atoms with Gasteiger partial charge in [-0.25, -0.2) is 24.0 Å². The first kappa shape index (κ1) is 14.7. The van der Waals surface area contributed by atoms with Crippen molar-refractivity contribution in [3.8, 4) is 0 Å². The molecule has 2 rings (SSSR count). The molecular weight excluding hydrogens is 334 g/mol. The van der Waals surface area contributed by atoms with Crippen LogP contribution in [0.1, 0.15) is 6.42 Å². The molecule has 1 aliphatic rings. The number of pyridine rings is 1. The molecule has 0 amide bonds. The topological polar surface area (TPSA) is 100 Å². The quantitative estimate of drug-likeness (QED) is 0.527. The van der Waals surface area contributed by atoms with Crippen molar-refractivity contribution in [1.29, 1.82) is 0 Å². The molecule has 1 aromatic rings. The summed E-state index contributed by atoms with van der Waals surface area (Å²) in [7, 11) is -1.68. The number of hydrazine groups is 1. The molecule has 0 radical (unpaired) electrons. The fourth-order valence-electron chi connectivity index (χ4n) is 2.05. The molecule has 1 aromatic heterocycles. The Morgan fingerprint density at radius 1 is 1.58 bits per heavy atom. The lowest BCUT2D eigenvalue weighted by Crippen LogP contribution is -2.37. The second-order valence-corrected chi connectivity index (χ2v) is 7.11. The van der Waals surface area contributed by atoms with Crippen LogP contribution in [0.5, 0.6) is 0 Å². The van der Waals surface area contributed by atoms with Crippen molar-refractivity contribution in [3.05, 3.63) is 16.7 Å². The number of anilines is 1. The van der Waals surface area contributed by atoms with Gasteiger partial charge < -0.3 is 10.3 Å². The Morgan fingerprint density at radius 2 is 2.32 bits per heavy atom. The van der Waals surface area contributed by atoms with Crippen molar-refractivity contribution in [3.63, 3.8) is 0 Å². The Kier molecular flexibility index (Phi) is 4.41. The highest BCUT2D eigenvalue weighted by Gasteiger charge is 2.27. The van der Waals surface area contributed by atoms with Crippen LogP contribution in [0.4, 0.5) is 5.82 Å². The highest BCUT2D eigenvalue weighted by molar-refractivity contribution is 9.10. The maximum Gasteiger partial charge on any atom is 0.244 e. The molecule has 1 aliphatic heterocycles. The summed E-state index contributed by atoms with van der Waals surface area (Å²) < 4.78 is 27.9. The van der Waals surface area contributed by atoms with E-state index in [2.05, 4.69) is 36.0 Å². The summed E-state index contributed by atoms with van der Waals surface area (Å²) in [5.41, 5.74) is 2.30. The van der Waals surface area contributed by atoms with E-state index < -0.39 is 10.0 Å². The molecule has 1 fully saturated rings. The van der Waals surface area contributed by atoms with Gasteiger partial charge in [0.15, 0.2) is 5.82 Å². The van der Waals surface area contributed by atoms with Crippen molar-refractivity contribution >= 4 is 31.8 Å². The lowest BCUT2D eigenvalue weighted by atomic mass is 10.3. The summed E-state index contributed by atoms with van der Waals surface area (Å²) in [6.45, 7) is 1.58. The molecule has 9 heteroatoms. The van der Waals surface area contributed by atoms with E-state index >= 15 is 0 Å². The summed E-state index contributed by atoms with van der Waals surface area (Å²) in [4.78, 5) is 6.06. The SMILES string of the molecule is CN1CCC(NS(=O)(=O)c2cc(Br)cnc2NN)C1. The molecule has 0 aromatic carbocycles. The van der Waals surface area contributed by atoms with E-state index in [0.29, 0.717) is 11.0 Å². The van der Waals surface area contributed by atoms with Gasteiger partial charge in [-0.1, -0.05) is 0 Å². The lowest BCUT2D eigenvalue weighted by molar-refractivity contribution is 0.407. The average Bonchev–Trinajstić information content (AvgIpc) is 2.74. The fourth-order valence-corrected chi connectivity index (χ4v) is 3.94. The van der Waals surface area contributed by atoms with Gasteiger partial charge in [0.1, 0.15) is 4.90 Å². The molecule has 0 bridgehead atoms. The highest BCUT2D eigenvalue weighted by Crippen LogP contribution is 2.23. The summed E-state index contributed by atoms with van der Waals surface area (Å²) in [6, 6.07) is 1.39. The fraction of sp³-hybridized carbons (Fsp3) is 0.500. The van der Waals surface area contributed by atoms with Gasteiger partial charge in [0.25, 0.3) is 0 Å². The normalized spacial score (nSPS) is 20.7. The smallest absolute Gasteiger partial charge is 0.244 e. The minimum Gasteiger partial charge on any atom is -0.307 e. The predicted octanol–water partition coefficient (Wildman–Crippen LogP) is 0.112. The first-order chi connectivity index (χ1) is 8.92. The third-order valence-electron chi connectivity index (χ3n) is 2.96.